The average Bonchev–Trinajstić information content (AvgIpc) is 2.84. The molecule has 1 aromatic heterocycles. The third-order valence-corrected chi connectivity index (χ3v) is 5.68. The number of aromatic amines is 1. The molecule has 15 heteroatoms. The van der Waals surface area contributed by atoms with Gasteiger partial charge >= 0.3 is 21.1 Å². The van der Waals surface area contributed by atoms with Crippen molar-refractivity contribution in [2.45, 2.75) is 38.4 Å². The van der Waals surface area contributed by atoms with E-state index in [2.05, 4.69) is 4.52 Å². The molecule has 2 rings (SSSR count). The Morgan fingerprint density at radius 2 is 1.93 bits per heavy atom. The zero-order valence-electron chi connectivity index (χ0n) is 14.3. The van der Waals surface area contributed by atoms with E-state index >= 15 is 0 Å². The summed E-state index contributed by atoms with van der Waals surface area (Å²) in [5.74, 6) is 0. The molecule has 5 N–H and O–H groups in total. The Labute approximate surface area is 152 Å². The van der Waals surface area contributed by atoms with Crippen molar-refractivity contribution < 1.29 is 42.7 Å². The van der Waals surface area contributed by atoms with Crippen LogP contribution in [0.3, 0.4) is 0 Å². The molecule has 0 saturated carbocycles. The molecule has 5 atom stereocenters. The molecule has 0 radical (unpaired) electrons. The first kappa shape index (κ1) is 22.2. The molecule has 0 aliphatic carbocycles. The maximum Gasteiger partial charge on any atom is 0.469 e. The predicted octanol–water partition coefficient (Wildman–Crippen LogP) is -1.20. The molecule has 0 amide bonds. The molecule has 1 aliphatic rings. The van der Waals surface area contributed by atoms with E-state index in [9.17, 15) is 28.7 Å². The molecule has 0 bridgehead atoms. The molecule has 27 heavy (non-hydrogen) atoms. The standard InChI is InChI=1S/C12H20N2O11P2/c1-3-26(18,19)25-9-8(15)7(5-23-27(20,21)22)24-11(9)14-4-6(2)10(16)13-12(14)17/h4,7-9,11,15H,3,5H2,1-2H3,(H,18,19)(H,13,16,17)(H2,20,21,22)/t7-,8-,9-,11-/m1/s1. The van der Waals surface area contributed by atoms with Crippen LogP contribution < -0.4 is 11.2 Å². The monoisotopic (exact) mass is 430 g/mol. The third-order valence-electron chi connectivity index (χ3n) is 3.83. The fraction of sp³-hybridized carbons (Fsp3) is 0.667. The molecule has 0 spiro atoms. The fourth-order valence-electron chi connectivity index (χ4n) is 2.40. The summed E-state index contributed by atoms with van der Waals surface area (Å²) >= 11 is 0. The van der Waals surface area contributed by atoms with E-state index in [1.165, 1.54) is 13.8 Å². The van der Waals surface area contributed by atoms with Crippen LogP contribution >= 0.6 is 15.4 Å². The van der Waals surface area contributed by atoms with E-state index in [0.717, 1.165) is 10.8 Å². The second-order valence-corrected chi connectivity index (χ2v) is 9.20. The van der Waals surface area contributed by atoms with Gasteiger partial charge in [0.05, 0.1) is 6.61 Å². The number of H-pyrrole nitrogens is 1. The van der Waals surface area contributed by atoms with Crippen molar-refractivity contribution in [3.8, 4) is 0 Å². The molecule has 1 fully saturated rings. The van der Waals surface area contributed by atoms with Gasteiger partial charge in [-0.3, -0.25) is 28.0 Å². The highest BCUT2D eigenvalue weighted by atomic mass is 31.2. The van der Waals surface area contributed by atoms with Gasteiger partial charge in [-0.05, 0) is 6.92 Å². The number of hydrogen-bond donors (Lipinski definition) is 5. The molecule has 1 aliphatic heterocycles. The molecule has 154 valence electrons. The molecule has 1 saturated heterocycles. The van der Waals surface area contributed by atoms with Gasteiger partial charge in [-0.1, -0.05) is 6.92 Å². The Morgan fingerprint density at radius 1 is 1.30 bits per heavy atom. The van der Waals surface area contributed by atoms with E-state index in [4.69, 9.17) is 19.0 Å². The summed E-state index contributed by atoms with van der Waals surface area (Å²) in [6.45, 7) is 1.98. The van der Waals surface area contributed by atoms with Crippen molar-refractivity contribution in [3.63, 3.8) is 0 Å². The lowest BCUT2D eigenvalue weighted by Gasteiger charge is -2.24. The Kier molecular flexibility index (Phi) is 6.63. The zero-order chi connectivity index (χ0) is 20.6. The lowest BCUT2D eigenvalue weighted by atomic mass is 10.1. The van der Waals surface area contributed by atoms with Crippen molar-refractivity contribution in [3.05, 3.63) is 32.6 Å². The van der Waals surface area contributed by atoms with Gasteiger partial charge in [-0.25, -0.2) is 9.36 Å². The molecular formula is C12H20N2O11P2. The van der Waals surface area contributed by atoms with Crippen LogP contribution in [-0.2, 0) is 22.9 Å². The lowest BCUT2D eigenvalue weighted by Crippen LogP contribution is -2.39. The van der Waals surface area contributed by atoms with E-state index < -0.39 is 57.8 Å². The lowest BCUT2D eigenvalue weighted by molar-refractivity contribution is -0.0523. The Balaban J connectivity index is 2.40. The number of ether oxygens (including phenoxy) is 1. The number of nitrogens with zero attached hydrogens (tertiary/aromatic N) is 1. The van der Waals surface area contributed by atoms with Crippen molar-refractivity contribution in [1.29, 1.82) is 0 Å². The number of aliphatic hydroxyl groups excluding tert-OH is 1. The Bertz CT molecular complexity index is 890. The smallest absolute Gasteiger partial charge is 0.387 e. The van der Waals surface area contributed by atoms with Crippen LogP contribution in [0.15, 0.2) is 15.8 Å². The fourth-order valence-corrected chi connectivity index (χ4v) is 3.50. The second-order valence-electron chi connectivity index (χ2n) is 5.84. The van der Waals surface area contributed by atoms with Gasteiger partial charge < -0.3 is 24.5 Å². The van der Waals surface area contributed by atoms with Gasteiger partial charge in [0.15, 0.2) is 6.23 Å². The van der Waals surface area contributed by atoms with Gasteiger partial charge in [0.1, 0.15) is 18.3 Å². The maximum atomic E-state index is 12.1. The number of nitrogens with one attached hydrogen (secondary N) is 1. The van der Waals surface area contributed by atoms with Crippen molar-refractivity contribution in [1.82, 2.24) is 9.55 Å². The van der Waals surface area contributed by atoms with Crippen molar-refractivity contribution in [2.24, 2.45) is 0 Å². The Hall–Kier alpha value is -1.14. The molecule has 1 unspecified atom stereocenters. The minimum Gasteiger partial charge on any atom is -0.387 e. The topological polar surface area (TPSA) is 198 Å². The maximum absolute atomic E-state index is 12.1. The van der Waals surface area contributed by atoms with Crippen LogP contribution in [0.25, 0.3) is 0 Å². The normalized spacial score (nSPS) is 28.2. The molecule has 2 heterocycles. The number of rotatable bonds is 7. The second kappa shape index (κ2) is 8.08. The number of phosphoric ester groups is 1. The van der Waals surface area contributed by atoms with Crippen molar-refractivity contribution >= 4 is 15.4 Å². The summed E-state index contributed by atoms with van der Waals surface area (Å²) in [7, 11) is -9.03. The number of aliphatic hydroxyl groups is 1. The molecule has 1 aromatic rings. The van der Waals surface area contributed by atoms with Crippen LogP contribution in [0.2, 0.25) is 0 Å². The van der Waals surface area contributed by atoms with E-state index in [1.807, 2.05) is 4.98 Å². The van der Waals surface area contributed by atoms with E-state index in [-0.39, 0.29) is 11.7 Å². The molecule has 13 nitrogen and oxygen atoms in total. The number of aromatic nitrogens is 2. The summed E-state index contributed by atoms with van der Waals surface area (Å²) in [6, 6.07) is 0. The van der Waals surface area contributed by atoms with E-state index in [0.29, 0.717) is 0 Å². The first-order chi connectivity index (χ1) is 12.3. The van der Waals surface area contributed by atoms with Crippen LogP contribution in [-0.4, -0.2) is 60.4 Å². The van der Waals surface area contributed by atoms with Crippen LogP contribution in [0.1, 0.15) is 18.7 Å². The summed E-state index contributed by atoms with van der Waals surface area (Å²) in [5, 5.41) is 10.3. The third kappa shape index (κ3) is 5.44. The van der Waals surface area contributed by atoms with Gasteiger partial charge in [0, 0.05) is 17.9 Å². The van der Waals surface area contributed by atoms with Crippen LogP contribution in [0, 0.1) is 6.92 Å². The zero-order valence-corrected chi connectivity index (χ0v) is 16.1. The highest BCUT2D eigenvalue weighted by molar-refractivity contribution is 7.52. The summed E-state index contributed by atoms with van der Waals surface area (Å²) in [4.78, 5) is 53.0. The predicted molar refractivity (Wildman–Crippen MR) is 89.2 cm³/mol. The summed E-state index contributed by atoms with van der Waals surface area (Å²) in [5.41, 5.74) is -1.48. The number of aryl methyl sites for hydroxylation is 1. The first-order valence-electron chi connectivity index (χ1n) is 7.70. The van der Waals surface area contributed by atoms with Gasteiger partial charge in [-0.2, -0.15) is 0 Å². The van der Waals surface area contributed by atoms with Gasteiger partial charge in [0.2, 0.25) is 0 Å². The van der Waals surface area contributed by atoms with Gasteiger partial charge in [0.25, 0.3) is 5.56 Å². The van der Waals surface area contributed by atoms with E-state index in [1.54, 1.807) is 0 Å². The summed E-state index contributed by atoms with van der Waals surface area (Å²) < 4.78 is 38.4. The number of hydrogen-bond acceptors (Lipinski definition) is 8. The quantitative estimate of drug-likeness (QED) is 0.326. The Morgan fingerprint density at radius 3 is 2.48 bits per heavy atom. The van der Waals surface area contributed by atoms with Crippen LogP contribution in [0.5, 0.6) is 0 Å². The first-order valence-corrected chi connectivity index (χ1v) is 11.0. The average molecular weight is 430 g/mol. The largest absolute Gasteiger partial charge is 0.469 e. The number of phosphoric acid groups is 1. The molecule has 0 aromatic carbocycles. The van der Waals surface area contributed by atoms with Gasteiger partial charge in [-0.15, -0.1) is 0 Å². The summed E-state index contributed by atoms with van der Waals surface area (Å²) in [6.07, 6.45) is -5.24. The highest BCUT2D eigenvalue weighted by Gasteiger charge is 2.49. The van der Waals surface area contributed by atoms with Crippen LogP contribution in [0.4, 0.5) is 0 Å². The minimum absolute atomic E-state index is 0.115. The SMILES string of the molecule is CCP(=O)(O)O[C@@H]1[C@H](O)[C@@H](COP(=O)(O)O)O[C@H]1n1cc(C)c(=O)[nH]c1=O. The highest BCUT2D eigenvalue weighted by Crippen LogP contribution is 2.48. The van der Waals surface area contributed by atoms with Crippen molar-refractivity contribution in [2.75, 3.05) is 12.8 Å². The molecular weight excluding hydrogens is 410 g/mol. The minimum atomic E-state index is -4.88.